The molecule has 1 heterocycles. The molecule has 0 N–H and O–H groups in total. The van der Waals surface area contributed by atoms with Gasteiger partial charge in [0.2, 0.25) is 0 Å². The quantitative estimate of drug-likeness (QED) is 0.390. The van der Waals surface area contributed by atoms with Crippen molar-refractivity contribution in [2.24, 2.45) is 0 Å². The minimum absolute atomic E-state index is 0.0531. The van der Waals surface area contributed by atoms with Gasteiger partial charge in [-0.3, -0.25) is 4.79 Å². The lowest BCUT2D eigenvalue weighted by molar-refractivity contribution is -0.142. The fraction of sp³-hybridized carbons (Fsp3) is 0.500. The molecule has 4 rings (SSSR count). The summed E-state index contributed by atoms with van der Waals surface area (Å²) in [6.45, 7) is 3.27. The van der Waals surface area contributed by atoms with Gasteiger partial charge in [0.1, 0.15) is 18.2 Å². The highest BCUT2D eigenvalue weighted by Gasteiger charge is 2.36. The molecule has 0 amide bonds. The van der Waals surface area contributed by atoms with Gasteiger partial charge in [-0.25, -0.2) is 4.39 Å². The van der Waals surface area contributed by atoms with Gasteiger partial charge < -0.3 is 18.9 Å². The molecule has 33 heavy (non-hydrogen) atoms. The third kappa shape index (κ3) is 5.69. The number of ether oxygens (including phenoxy) is 4. The lowest BCUT2D eigenvalue weighted by atomic mass is 9.69. The normalized spacial score (nSPS) is 22.4. The molecule has 1 unspecified atom stereocenters. The van der Waals surface area contributed by atoms with Crippen LogP contribution in [-0.4, -0.2) is 32.4 Å². The second-order valence-electron chi connectivity index (χ2n) is 9.10. The van der Waals surface area contributed by atoms with Gasteiger partial charge in [0.15, 0.2) is 11.5 Å². The first-order valence-electron chi connectivity index (χ1n) is 11.5. The number of aryl methyl sites for hydroxylation is 1. The van der Waals surface area contributed by atoms with E-state index in [1.165, 1.54) is 13.2 Å². The Hall–Kier alpha value is -2.12. The summed E-state index contributed by atoms with van der Waals surface area (Å²) in [4.78, 5) is 12.1. The summed E-state index contributed by atoms with van der Waals surface area (Å²) >= 11 is 3.18. The molecule has 178 valence electrons. The molecule has 2 atom stereocenters. The summed E-state index contributed by atoms with van der Waals surface area (Å²) in [5.74, 6) is 0.842. The summed E-state index contributed by atoms with van der Waals surface area (Å²) in [5.41, 5.74) is 1.82. The van der Waals surface area contributed by atoms with Crippen LogP contribution >= 0.6 is 15.9 Å². The maximum absolute atomic E-state index is 14.1. The van der Waals surface area contributed by atoms with E-state index >= 15 is 0 Å². The van der Waals surface area contributed by atoms with E-state index in [1.807, 2.05) is 12.1 Å². The molecule has 2 aromatic carbocycles. The third-order valence-corrected chi connectivity index (χ3v) is 7.22. The molecular formula is C26H30BrFO5. The van der Waals surface area contributed by atoms with Crippen LogP contribution in [0.3, 0.4) is 0 Å². The lowest BCUT2D eigenvalue weighted by Crippen LogP contribution is -2.31. The number of hydrogen-bond acceptors (Lipinski definition) is 5. The highest BCUT2D eigenvalue weighted by Crippen LogP contribution is 2.45. The van der Waals surface area contributed by atoms with E-state index in [4.69, 9.17) is 18.9 Å². The number of carbonyl (C=O) groups is 1. The number of carbonyl (C=O) groups excluding carboxylic acids is 1. The maximum atomic E-state index is 14.1. The van der Waals surface area contributed by atoms with Crippen LogP contribution in [0.25, 0.3) is 0 Å². The van der Waals surface area contributed by atoms with Crippen LogP contribution in [0.1, 0.15) is 56.6 Å². The van der Waals surface area contributed by atoms with Crippen LogP contribution in [0.5, 0.6) is 17.2 Å². The SMILES string of the molecule is COC(=O)C[C@@]1(C)CCCc2cc(OCC3CCCCO3)c(Oc3ccc(Br)c(F)c3)cc21. The van der Waals surface area contributed by atoms with Crippen molar-refractivity contribution in [2.75, 3.05) is 20.3 Å². The van der Waals surface area contributed by atoms with E-state index in [2.05, 4.69) is 22.9 Å². The van der Waals surface area contributed by atoms with Crippen molar-refractivity contribution in [3.05, 3.63) is 51.7 Å². The van der Waals surface area contributed by atoms with Gasteiger partial charge in [-0.2, -0.15) is 0 Å². The highest BCUT2D eigenvalue weighted by atomic mass is 79.9. The van der Waals surface area contributed by atoms with Crippen molar-refractivity contribution in [1.29, 1.82) is 0 Å². The molecule has 1 aliphatic carbocycles. The van der Waals surface area contributed by atoms with E-state index < -0.39 is 5.82 Å². The highest BCUT2D eigenvalue weighted by molar-refractivity contribution is 9.10. The van der Waals surface area contributed by atoms with Gasteiger partial charge in [0.25, 0.3) is 0 Å². The topological polar surface area (TPSA) is 54.0 Å². The first-order chi connectivity index (χ1) is 15.9. The summed E-state index contributed by atoms with van der Waals surface area (Å²) in [7, 11) is 1.41. The second-order valence-corrected chi connectivity index (χ2v) is 9.96. The standard InChI is InChI=1S/C26H30BrFO5/c1-26(15-25(29)30-2)10-5-6-17-12-23(32-16-19-7-3-4-11-31-19)24(14-20(17)26)33-18-8-9-21(27)22(28)13-18/h8-9,12-14,19H,3-7,10-11,15-16H2,1-2H3/t19?,26-/m1/s1. The molecule has 0 radical (unpaired) electrons. The van der Waals surface area contributed by atoms with Crippen molar-refractivity contribution in [2.45, 2.75) is 63.4 Å². The van der Waals surface area contributed by atoms with Crippen LogP contribution < -0.4 is 9.47 Å². The van der Waals surface area contributed by atoms with Crippen LogP contribution in [0.2, 0.25) is 0 Å². The molecule has 0 spiro atoms. The fourth-order valence-electron chi connectivity index (χ4n) is 4.73. The third-order valence-electron chi connectivity index (χ3n) is 6.57. The predicted octanol–water partition coefficient (Wildman–Crippen LogP) is 6.49. The van der Waals surface area contributed by atoms with Crippen LogP contribution in [0.4, 0.5) is 4.39 Å². The Morgan fingerprint density at radius 3 is 2.79 bits per heavy atom. The molecule has 7 heteroatoms. The van der Waals surface area contributed by atoms with Crippen LogP contribution in [-0.2, 0) is 26.1 Å². The lowest BCUT2D eigenvalue weighted by Gasteiger charge is -2.36. The van der Waals surface area contributed by atoms with Crippen molar-refractivity contribution in [3.63, 3.8) is 0 Å². The van der Waals surface area contributed by atoms with E-state index in [9.17, 15) is 9.18 Å². The minimum atomic E-state index is -0.404. The summed E-state index contributed by atoms with van der Waals surface area (Å²) in [6, 6.07) is 8.62. The average molecular weight is 521 g/mol. The van der Waals surface area contributed by atoms with Crippen molar-refractivity contribution >= 4 is 21.9 Å². The van der Waals surface area contributed by atoms with Gasteiger partial charge >= 0.3 is 5.97 Å². The first-order valence-corrected chi connectivity index (χ1v) is 12.3. The molecule has 1 fully saturated rings. The van der Waals surface area contributed by atoms with Crippen LogP contribution in [0.15, 0.2) is 34.8 Å². The number of hydrogen-bond donors (Lipinski definition) is 0. The smallest absolute Gasteiger partial charge is 0.306 e. The molecular weight excluding hydrogens is 491 g/mol. The predicted molar refractivity (Wildman–Crippen MR) is 127 cm³/mol. The Labute approximate surface area is 202 Å². The van der Waals surface area contributed by atoms with Gasteiger partial charge in [-0.15, -0.1) is 0 Å². The van der Waals surface area contributed by atoms with Gasteiger partial charge in [0.05, 0.1) is 24.1 Å². The average Bonchev–Trinajstić information content (AvgIpc) is 2.81. The van der Waals surface area contributed by atoms with E-state index in [0.717, 1.165) is 56.3 Å². The second kappa shape index (κ2) is 10.4. The van der Waals surface area contributed by atoms with Gasteiger partial charge in [-0.1, -0.05) is 6.92 Å². The van der Waals surface area contributed by atoms with Crippen LogP contribution in [0, 0.1) is 5.82 Å². The Balaban J connectivity index is 1.68. The van der Waals surface area contributed by atoms with E-state index in [0.29, 0.717) is 34.7 Å². The summed E-state index contributed by atoms with van der Waals surface area (Å²) in [6.07, 6.45) is 6.27. The van der Waals surface area contributed by atoms with Crippen molar-refractivity contribution in [1.82, 2.24) is 0 Å². The van der Waals surface area contributed by atoms with Gasteiger partial charge in [0, 0.05) is 18.1 Å². The zero-order valence-corrected chi connectivity index (χ0v) is 20.7. The summed E-state index contributed by atoms with van der Waals surface area (Å²) < 4.78 is 37.6. The number of esters is 1. The number of rotatable bonds is 7. The number of fused-ring (bicyclic) bond motifs is 1. The van der Waals surface area contributed by atoms with Gasteiger partial charge in [-0.05, 0) is 89.8 Å². The fourth-order valence-corrected chi connectivity index (χ4v) is 4.98. The van der Waals surface area contributed by atoms with Crippen molar-refractivity contribution < 1.29 is 28.1 Å². The maximum Gasteiger partial charge on any atom is 0.306 e. The summed E-state index contributed by atoms with van der Waals surface area (Å²) in [5, 5.41) is 0. The van der Waals surface area contributed by atoms with E-state index in [1.54, 1.807) is 12.1 Å². The number of methoxy groups -OCH3 is 1. The zero-order chi connectivity index (χ0) is 23.4. The molecule has 2 aliphatic rings. The molecule has 0 saturated carbocycles. The molecule has 0 bridgehead atoms. The molecule has 5 nitrogen and oxygen atoms in total. The monoisotopic (exact) mass is 520 g/mol. The number of halogens is 2. The largest absolute Gasteiger partial charge is 0.487 e. The molecule has 0 aromatic heterocycles. The Kier molecular flexibility index (Phi) is 7.59. The molecule has 1 aliphatic heterocycles. The zero-order valence-electron chi connectivity index (χ0n) is 19.1. The van der Waals surface area contributed by atoms with Crippen molar-refractivity contribution in [3.8, 4) is 17.2 Å². The molecule has 1 saturated heterocycles. The van der Waals surface area contributed by atoms with E-state index in [-0.39, 0.29) is 17.5 Å². The Morgan fingerprint density at radius 1 is 1.21 bits per heavy atom. The minimum Gasteiger partial charge on any atom is -0.487 e. The Bertz CT molecular complexity index is 1000. The molecule has 2 aromatic rings. The number of benzene rings is 2. The first kappa shape index (κ1) is 24.0. The Morgan fingerprint density at radius 2 is 2.06 bits per heavy atom.